The third-order valence-electron chi connectivity index (χ3n) is 15.0. The first-order valence-electron chi connectivity index (χ1n) is 25.0. The van der Waals surface area contributed by atoms with Crippen molar-refractivity contribution in [2.75, 3.05) is 0 Å². The molecule has 6 aromatic heterocycles. The maximum Gasteiger partial charge on any atom is 0.236 e. The summed E-state index contributed by atoms with van der Waals surface area (Å²) < 4.78 is 9.27. The average molecular weight is 945 g/mol. The summed E-state index contributed by atoms with van der Waals surface area (Å²) in [6.45, 7) is 0. The Kier molecular flexibility index (Phi) is 8.58. The average Bonchev–Trinajstić information content (AvgIpc) is 4.22. The zero-order valence-corrected chi connectivity index (χ0v) is 39.7. The van der Waals surface area contributed by atoms with Crippen molar-refractivity contribution in [3.05, 3.63) is 243 Å². The molecule has 0 aliphatic rings. The Morgan fingerprint density at radius 3 is 1.05 bits per heavy atom. The van der Waals surface area contributed by atoms with Crippen LogP contribution in [0.3, 0.4) is 0 Å². The summed E-state index contributed by atoms with van der Waals surface area (Å²) >= 11 is 0. The molecule has 6 heterocycles. The van der Waals surface area contributed by atoms with Crippen molar-refractivity contribution in [3.8, 4) is 45.8 Å². The van der Waals surface area contributed by atoms with Gasteiger partial charge in [-0.15, -0.1) is 0 Å². The van der Waals surface area contributed by atoms with Crippen LogP contribution >= 0.6 is 0 Å². The van der Waals surface area contributed by atoms with Gasteiger partial charge in [-0.3, -0.25) is 9.13 Å². The number of nitrogens with zero attached hydrogens (tertiary/aromatic N) is 8. The summed E-state index contributed by atoms with van der Waals surface area (Å²) in [5.74, 6) is 1.07. The molecule has 8 heteroatoms. The largest absolute Gasteiger partial charge is 0.309 e. The molecule has 10 aromatic carbocycles. The van der Waals surface area contributed by atoms with Crippen molar-refractivity contribution < 1.29 is 0 Å². The van der Waals surface area contributed by atoms with Crippen molar-refractivity contribution in [1.82, 2.24) is 38.2 Å². The lowest BCUT2D eigenvalue weighted by Gasteiger charge is -2.16. The van der Waals surface area contributed by atoms with E-state index in [0.717, 1.165) is 99.0 Å². The number of fused-ring (bicyclic) bond motifs is 14. The van der Waals surface area contributed by atoms with Crippen molar-refractivity contribution in [1.29, 1.82) is 0 Å². The molecule has 8 nitrogen and oxygen atoms in total. The highest BCUT2D eigenvalue weighted by atomic mass is 15.2. The molecular weight excluding hydrogens is 905 g/mol. The molecule has 0 saturated heterocycles. The third-order valence-corrected chi connectivity index (χ3v) is 15.0. The predicted molar refractivity (Wildman–Crippen MR) is 303 cm³/mol. The van der Waals surface area contributed by atoms with Crippen LogP contribution in [0.5, 0.6) is 0 Å². The van der Waals surface area contributed by atoms with E-state index < -0.39 is 0 Å². The molecule has 74 heavy (non-hydrogen) atoms. The molecule has 0 spiro atoms. The SMILES string of the molecule is c1ccc(-c2nc(-n3c4ccccc4c4ccc5c6ccccc6n(-c6ccccc6)c5c43)nc3c(-c4ccccc4)nc(-n4c5ccccc5c5cc6c(cc54)c4ccccc4n6-c4ccccc4)nc23)cc1. The number of para-hydroxylation sites is 6. The maximum absolute atomic E-state index is 5.71. The molecule has 0 radical (unpaired) electrons. The molecule has 0 atom stereocenters. The molecule has 16 aromatic rings. The highest BCUT2D eigenvalue weighted by Gasteiger charge is 2.27. The molecule has 344 valence electrons. The van der Waals surface area contributed by atoms with E-state index in [9.17, 15) is 0 Å². The Morgan fingerprint density at radius 1 is 0.230 bits per heavy atom. The van der Waals surface area contributed by atoms with Crippen LogP contribution in [0.25, 0.3) is 144 Å². The van der Waals surface area contributed by atoms with E-state index in [1.165, 1.54) is 10.8 Å². The minimum atomic E-state index is 0.530. The first-order valence-corrected chi connectivity index (χ1v) is 25.0. The van der Waals surface area contributed by atoms with Crippen molar-refractivity contribution in [2.24, 2.45) is 0 Å². The van der Waals surface area contributed by atoms with Gasteiger partial charge in [-0.05, 0) is 60.7 Å². The Morgan fingerprint density at radius 2 is 0.568 bits per heavy atom. The van der Waals surface area contributed by atoms with E-state index in [-0.39, 0.29) is 0 Å². The zero-order valence-electron chi connectivity index (χ0n) is 39.7. The number of rotatable bonds is 6. The third kappa shape index (κ3) is 5.78. The first kappa shape index (κ1) is 40.5. The lowest BCUT2D eigenvalue weighted by Crippen LogP contribution is -2.09. The van der Waals surface area contributed by atoms with Crippen LogP contribution in [-0.2, 0) is 0 Å². The number of hydrogen-bond acceptors (Lipinski definition) is 4. The lowest BCUT2D eigenvalue weighted by molar-refractivity contribution is 0.980. The second-order valence-electron chi connectivity index (χ2n) is 19.0. The standard InChI is InChI=1S/C66H40N8/c1-5-21-41(22-6-1)59-62-61(69-65(67-59)73-55-35-19-16-32-48(55)52-39-57-51(40-58(52)73)47-31-15-17-33-53(47)71(57)43-25-9-3-10-26-43)60(42-23-7-2-8-24-42)68-66(70-62)74-56-36-20-14-30-46(56)50-38-37-49-45-29-13-18-34-54(45)72(63(49)64(50)74)44-27-11-4-12-28-44/h1-40H. The van der Waals surface area contributed by atoms with Gasteiger partial charge in [0.25, 0.3) is 0 Å². The lowest BCUT2D eigenvalue weighted by atomic mass is 10.1. The van der Waals surface area contributed by atoms with Crippen molar-refractivity contribution in [2.45, 2.75) is 0 Å². The van der Waals surface area contributed by atoms with E-state index in [1.54, 1.807) is 0 Å². The predicted octanol–water partition coefficient (Wildman–Crippen LogP) is 16.1. The summed E-state index contributed by atoms with van der Waals surface area (Å²) in [5, 5.41) is 9.09. The zero-order chi connectivity index (χ0) is 48.4. The minimum absolute atomic E-state index is 0.530. The molecule has 0 bridgehead atoms. The fourth-order valence-electron chi connectivity index (χ4n) is 11.8. The Balaban J connectivity index is 1.04. The smallest absolute Gasteiger partial charge is 0.236 e. The molecule has 0 N–H and O–H groups in total. The van der Waals surface area contributed by atoms with Crippen molar-refractivity contribution in [3.63, 3.8) is 0 Å². The highest BCUT2D eigenvalue weighted by Crippen LogP contribution is 2.44. The Labute approximate surface area is 422 Å². The van der Waals surface area contributed by atoms with Gasteiger partial charge in [-0.25, -0.2) is 19.9 Å². The summed E-state index contributed by atoms with van der Waals surface area (Å²) in [4.78, 5) is 22.7. The topological polar surface area (TPSA) is 71.3 Å². The van der Waals surface area contributed by atoms with Crippen LogP contribution in [0, 0.1) is 0 Å². The van der Waals surface area contributed by atoms with E-state index in [0.29, 0.717) is 34.3 Å². The Hall–Kier alpha value is -10.2. The van der Waals surface area contributed by atoms with Gasteiger partial charge in [0.1, 0.15) is 22.4 Å². The van der Waals surface area contributed by atoms with Gasteiger partial charge in [0.05, 0.1) is 44.1 Å². The van der Waals surface area contributed by atoms with Crippen LogP contribution in [0.2, 0.25) is 0 Å². The van der Waals surface area contributed by atoms with E-state index in [2.05, 4.69) is 249 Å². The molecule has 0 aliphatic carbocycles. The number of hydrogen-bond donors (Lipinski definition) is 0. The van der Waals surface area contributed by atoms with Crippen LogP contribution in [0.15, 0.2) is 243 Å². The second-order valence-corrected chi connectivity index (χ2v) is 19.0. The van der Waals surface area contributed by atoms with Crippen LogP contribution < -0.4 is 0 Å². The van der Waals surface area contributed by atoms with Crippen molar-refractivity contribution >= 4 is 98.3 Å². The number of aromatic nitrogens is 8. The quantitative estimate of drug-likeness (QED) is 0.166. The highest BCUT2D eigenvalue weighted by molar-refractivity contribution is 6.24. The summed E-state index contributed by atoms with van der Waals surface area (Å²) in [5.41, 5.74) is 15.3. The van der Waals surface area contributed by atoms with Gasteiger partial charge in [-0.2, -0.15) is 0 Å². The van der Waals surface area contributed by atoms with Crippen LogP contribution in [-0.4, -0.2) is 38.2 Å². The molecule has 16 rings (SSSR count). The molecule has 0 fully saturated rings. The van der Waals surface area contributed by atoms with Gasteiger partial charge in [0, 0.05) is 65.6 Å². The summed E-state index contributed by atoms with van der Waals surface area (Å²) in [6, 6.07) is 85.9. The van der Waals surface area contributed by atoms with Gasteiger partial charge in [0.15, 0.2) is 0 Å². The number of benzene rings is 10. The van der Waals surface area contributed by atoms with E-state index >= 15 is 0 Å². The summed E-state index contributed by atoms with van der Waals surface area (Å²) in [7, 11) is 0. The van der Waals surface area contributed by atoms with E-state index in [1.807, 2.05) is 12.1 Å². The first-order chi connectivity index (χ1) is 36.7. The van der Waals surface area contributed by atoms with Gasteiger partial charge in [0.2, 0.25) is 11.9 Å². The second kappa shape index (κ2) is 15.7. The van der Waals surface area contributed by atoms with E-state index in [4.69, 9.17) is 19.9 Å². The van der Waals surface area contributed by atoms with Gasteiger partial charge < -0.3 is 9.13 Å². The van der Waals surface area contributed by atoms with Gasteiger partial charge in [-0.1, -0.05) is 182 Å². The normalized spacial score (nSPS) is 12.1. The fraction of sp³-hybridized carbons (Fsp3) is 0. The van der Waals surface area contributed by atoms with Crippen LogP contribution in [0.1, 0.15) is 0 Å². The Bertz CT molecular complexity index is 4930. The monoisotopic (exact) mass is 944 g/mol. The molecule has 0 saturated carbocycles. The van der Waals surface area contributed by atoms with Gasteiger partial charge >= 0.3 is 0 Å². The molecular formula is C66H40N8. The van der Waals surface area contributed by atoms with Crippen LogP contribution in [0.4, 0.5) is 0 Å². The molecule has 0 aliphatic heterocycles. The summed E-state index contributed by atoms with van der Waals surface area (Å²) in [6.07, 6.45) is 0. The molecule has 0 amide bonds. The fourth-order valence-corrected chi connectivity index (χ4v) is 11.8. The minimum Gasteiger partial charge on any atom is -0.309 e. The molecule has 0 unspecified atom stereocenters. The maximum atomic E-state index is 5.71.